The first-order chi connectivity index (χ1) is 11.4. The number of piperidine rings is 1. The van der Waals surface area contributed by atoms with Gasteiger partial charge in [0.1, 0.15) is 12.0 Å². The Hall–Kier alpha value is -1.51. The summed E-state index contributed by atoms with van der Waals surface area (Å²) in [4.78, 5) is 4.03. The zero-order chi connectivity index (χ0) is 17.1. The molecular formula is C16H21F3N4O. The third kappa shape index (κ3) is 2.53. The quantitative estimate of drug-likeness (QED) is 0.729. The highest BCUT2D eigenvalue weighted by atomic mass is 19.3. The standard InChI is InChI=1S/C16H21F3N4O/c1-9-8-20-14(24)11-6-10(17)7-12-13(11)23(9)15(21-12)22-4-2-16(18,19)3-5-22/h6-7,9,14-15,20-21,24H,2-5,8H2,1H3/t9-,14?,15?/m0/s1. The topological polar surface area (TPSA) is 50.8 Å². The van der Waals surface area contributed by atoms with Crippen LogP contribution in [0.25, 0.3) is 0 Å². The molecule has 8 heteroatoms. The first-order valence-electron chi connectivity index (χ1n) is 8.27. The molecule has 5 nitrogen and oxygen atoms in total. The molecule has 24 heavy (non-hydrogen) atoms. The molecule has 3 atom stereocenters. The van der Waals surface area contributed by atoms with Crippen molar-refractivity contribution in [2.75, 3.05) is 29.9 Å². The highest BCUT2D eigenvalue weighted by molar-refractivity contribution is 5.80. The summed E-state index contributed by atoms with van der Waals surface area (Å²) in [6, 6.07) is 2.75. The zero-order valence-corrected chi connectivity index (χ0v) is 13.4. The summed E-state index contributed by atoms with van der Waals surface area (Å²) in [5, 5.41) is 16.5. The van der Waals surface area contributed by atoms with Gasteiger partial charge < -0.3 is 15.3 Å². The van der Waals surface area contributed by atoms with E-state index >= 15 is 0 Å². The number of halogens is 3. The third-order valence-electron chi connectivity index (χ3n) is 5.16. The Morgan fingerprint density at radius 3 is 2.67 bits per heavy atom. The maximum atomic E-state index is 13.9. The summed E-state index contributed by atoms with van der Waals surface area (Å²) >= 11 is 0. The van der Waals surface area contributed by atoms with E-state index in [1.165, 1.54) is 12.1 Å². The normalized spacial score (nSPS) is 32.2. The van der Waals surface area contributed by atoms with Crippen LogP contribution in [0.2, 0.25) is 0 Å². The Bertz CT molecular complexity index is 646. The van der Waals surface area contributed by atoms with Gasteiger partial charge in [0.2, 0.25) is 0 Å². The van der Waals surface area contributed by atoms with Gasteiger partial charge in [-0.15, -0.1) is 0 Å². The Balaban J connectivity index is 1.70. The van der Waals surface area contributed by atoms with Gasteiger partial charge in [-0.2, -0.15) is 0 Å². The van der Waals surface area contributed by atoms with E-state index in [4.69, 9.17) is 0 Å². The van der Waals surface area contributed by atoms with Crippen molar-refractivity contribution in [1.82, 2.24) is 10.2 Å². The molecule has 4 rings (SSSR count). The average Bonchev–Trinajstić information content (AvgIpc) is 2.84. The molecule has 0 aliphatic carbocycles. The van der Waals surface area contributed by atoms with Crippen LogP contribution in [0.5, 0.6) is 0 Å². The van der Waals surface area contributed by atoms with Crippen LogP contribution in [0, 0.1) is 5.82 Å². The first kappa shape index (κ1) is 16.0. The fraction of sp³-hybridized carbons (Fsp3) is 0.625. The van der Waals surface area contributed by atoms with Gasteiger partial charge >= 0.3 is 0 Å². The van der Waals surface area contributed by atoms with Crippen molar-refractivity contribution in [3.8, 4) is 0 Å². The van der Waals surface area contributed by atoms with E-state index in [9.17, 15) is 18.3 Å². The van der Waals surface area contributed by atoms with Gasteiger partial charge in [-0.1, -0.05) is 0 Å². The predicted molar refractivity (Wildman–Crippen MR) is 84.5 cm³/mol. The van der Waals surface area contributed by atoms with E-state index in [2.05, 4.69) is 15.5 Å². The molecule has 1 fully saturated rings. The van der Waals surface area contributed by atoms with E-state index in [1.807, 2.05) is 11.8 Å². The first-order valence-corrected chi connectivity index (χ1v) is 8.27. The number of aliphatic hydroxyl groups is 1. The van der Waals surface area contributed by atoms with Crippen LogP contribution < -0.4 is 15.5 Å². The monoisotopic (exact) mass is 342 g/mol. The number of anilines is 2. The molecule has 3 N–H and O–H groups in total. The summed E-state index contributed by atoms with van der Waals surface area (Å²) in [5.74, 6) is -3.04. The molecule has 3 heterocycles. The molecule has 0 aromatic heterocycles. The predicted octanol–water partition coefficient (Wildman–Crippen LogP) is 2.05. The Kier molecular flexibility index (Phi) is 3.67. The molecule has 2 unspecified atom stereocenters. The van der Waals surface area contributed by atoms with Gasteiger partial charge in [-0.05, 0) is 19.1 Å². The third-order valence-corrected chi connectivity index (χ3v) is 5.16. The van der Waals surface area contributed by atoms with Gasteiger partial charge in [-0.25, -0.2) is 13.2 Å². The van der Waals surface area contributed by atoms with Crippen LogP contribution in [-0.4, -0.2) is 47.9 Å². The van der Waals surface area contributed by atoms with Gasteiger partial charge in [0.05, 0.1) is 11.4 Å². The number of benzene rings is 1. The van der Waals surface area contributed by atoms with Crippen molar-refractivity contribution >= 4 is 11.4 Å². The number of likely N-dealkylation sites (tertiary alicyclic amines) is 1. The zero-order valence-electron chi connectivity index (χ0n) is 13.4. The second-order valence-electron chi connectivity index (χ2n) is 6.87. The van der Waals surface area contributed by atoms with Crippen molar-refractivity contribution in [3.05, 3.63) is 23.5 Å². The van der Waals surface area contributed by atoms with Crippen LogP contribution >= 0.6 is 0 Å². The Morgan fingerprint density at radius 2 is 1.96 bits per heavy atom. The largest absolute Gasteiger partial charge is 0.374 e. The van der Waals surface area contributed by atoms with E-state index in [1.54, 1.807) is 0 Å². The lowest BCUT2D eigenvalue weighted by atomic mass is 10.1. The number of nitrogens with one attached hydrogen (secondary N) is 2. The summed E-state index contributed by atoms with van der Waals surface area (Å²) in [6.07, 6.45) is -1.61. The lowest BCUT2D eigenvalue weighted by Gasteiger charge is -2.42. The molecule has 0 bridgehead atoms. The lowest BCUT2D eigenvalue weighted by Crippen LogP contribution is -2.57. The summed E-state index contributed by atoms with van der Waals surface area (Å²) in [6.45, 7) is 3.06. The van der Waals surface area contributed by atoms with Crippen molar-refractivity contribution < 1.29 is 18.3 Å². The molecule has 132 valence electrons. The number of aliphatic hydroxyl groups excluding tert-OH is 1. The number of hydrogen-bond acceptors (Lipinski definition) is 5. The molecule has 3 aliphatic rings. The SMILES string of the molecule is C[C@H]1CNC(O)c2cc(F)cc3c2N1C(N1CCC(F)(F)CC1)N3. The number of nitrogens with zero attached hydrogens (tertiary/aromatic N) is 2. The van der Waals surface area contributed by atoms with Gasteiger partial charge in [0, 0.05) is 44.1 Å². The fourth-order valence-electron chi connectivity index (χ4n) is 3.87. The number of alkyl halides is 2. The Morgan fingerprint density at radius 1 is 1.25 bits per heavy atom. The second kappa shape index (κ2) is 5.50. The maximum absolute atomic E-state index is 13.9. The molecular weight excluding hydrogens is 321 g/mol. The van der Waals surface area contributed by atoms with Crippen molar-refractivity contribution in [1.29, 1.82) is 0 Å². The maximum Gasteiger partial charge on any atom is 0.250 e. The van der Waals surface area contributed by atoms with Crippen molar-refractivity contribution in [2.24, 2.45) is 0 Å². The highest BCUT2D eigenvalue weighted by Crippen LogP contribution is 2.44. The van der Waals surface area contributed by atoms with Crippen molar-refractivity contribution in [2.45, 2.75) is 44.2 Å². The number of hydrogen-bond donors (Lipinski definition) is 3. The molecule has 3 aliphatic heterocycles. The smallest absolute Gasteiger partial charge is 0.250 e. The molecule has 0 spiro atoms. The molecule has 0 saturated carbocycles. The van der Waals surface area contributed by atoms with Gasteiger partial charge in [0.15, 0.2) is 6.29 Å². The molecule has 1 aromatic rings. The van der Waals surface area contributed by atoms with Crippen LogP contribution in [0.3, 0.4) is 0 Å². The molecule has 1 saturated heterocycles. The van der Waals surface area contributed by atoms with Gasteiger partial charge in [-0.3, -0.25) is 10.2 Å². The van der Waals surface area contributed by atoms with E-state index < -0.39 is 18.0 Å². The second-order valence-corrected chi connectivity index (χ2v) is 6.87. The fourth-order valence-corrected chi connectivity index (χ4v) is 3.87. The summed E-state index contributed by atoms with van der Waals surface area (Å²) < 4.78 is 40.9. The Labute approximate surface area is 138 Å². The molecule has 1 aromatic carbocycles. The minimum Gasteiger partial charge on any atom is -0.374 e. The minimum absolute atomic E-state index is 0.0209. The van der Waals surface area contributed by atoms with Crippen LogP contribution in [-0.2, 0) is 0 Å². The number of rotatable bonds is 1. The van der Waals surface area contributed by atoms with Crippen LogP contribution in [0.15, 0.2) is 12.1 Å². The molecule has 0 amide bonds. The van der Waals surface area contributed by atoms with E-state index in [-0.39, 0.29) is 38.3 Å². The van der Waals surface area contributed by atoms with Crippen LogP contribution in [0.4, 0.5) is 24.5 Å². The summed E-state index contributed by atoms with van der Waals surface area (Å²) in [7, 11) is 0. The summed E-state index contributed by atoms with van der Waals surface area (Å²) in [5.41, 5.74) is 1.83. The average molecular weight is 342 g/mol. The van der Waals surface area contributed by atoms with Gasteiger partial charge in [0.25, 0.3) is 5.92 Å². The van der Waals surface area contributed by atoms with Crippen LogP contribution in [0.1, 0.15) is 31.6 Å². The van der Waals surface area contributed by atoms with E-state index in [0.717, 1.165) is 5.69 Å². The minimum atomic E-state index is -2.61. The lowest BCUT2D eigenvalue weighted by molar-refractivity contribution is -0.0610. The van der Waals surface area contributed by atoms with E-state index in [0.29, 0.717) is 17.8 Å². The van der Waals surface area contributed by atoms with Crippen molar-refractivity contribution in [3.63, 3.8) is 0 Å². The highest BCUT2D eigenvalue weighted by Gasteiger charge is 2.44. The molecule has 0 radical (unpaired) electrons.